The summed E-state index contributed by atoms with van der Waals surface area (Å²) >= 11 is 3.35. The first-order valence-corrected chi connectivity index (χ1v) is 10.3. The highest BCUT2D eigenvalue weighted by atomic mass is 79.9. The van der Waals surface area contributed by atoms with Gasteiger partial charge in [-0.2, -0.15) is 0 Å². The quantitative estimate of drug-likeness (QED) is 0.632. The van der Waals surface area contributed by atoms with E-state index in [-0.39, 0.29) is 24.5 Å². The number of carbonyl (C=O) groups excluding carboxylic acids is 2. The number of nitrogens with one attached hydrogen (secondary N) is 1. The zero-order valence-corrected chi connectivity index (χ0v) is 17.4. The van der Waals surface area contributed by atoms with E-state index in [1.807, 2.05) is 24.3 Å². The molecule has 1 amide bonds. The molecule has 1 aliphatic rings. The predicted octanol–water partition coefficient (Wildman–Crippen LogP) is 3.56. The third-order valence-electron chi connectivity index (χ3n) is 4.74. The van der Waals surface area contributed by atoms with Crippen LogP contribution in [0, 0.1) is 0 Å². The van der Waals surface area contributed by atoms with Crippen LogP contribution in [0.1, 0.15) is 34.3 Å². The average molecular weight is 445 g/mol. The van der Waals surface area contributed by atoms with Gasteiger partial charge in [0.1, 0.15) is 0 Å². The number of benzene rings is 2. The number of ketones is 1. The minimum Gasteiger partial charge on any atom is -0.379 e. The second kappa shape index (κ2) is 10.5. The number of nitrogens with zero attached hydrogens (tertiary/aromatic N) is 1. The highest BCUT2D eigenvalue weighted by Crippen LogP contribution is 2.13. The molecule has 1 heterocycles. The summed E-state index contributed by atoms with van der Waals surface area (Å²) in [6.07, 6.45) is 0.410. The van der Waals surface area contributed by atoms with Gasteiger partial charge in [0, 0.05) is 49.1 Å². The van der Waals surface area contributed by atoms with Gasteiger partial charge in [-0.3, -0.25) is 14.5 Å². The molecule has 0 saturated carbocycles. The molecule has 0 aromatic heterocycles. The van der Waals surface area contributed by atoms with Gasteiger partial charge in [0.2, 0.25) is 5.91 Å². The standard InChI is InChI=1S/C22H25BrN2O3/c23-20-6-4-19(5-7-20)21(26)8-9-22(27)24-15-17-2-1-3-18(14-17)16-25-10-12-28-13-11-25/h1-7,14H,8-13,15-16H2,(H,24,27). The molecule has 1 N–H and O–H groups in total. The summed E-state index contributed by atoms with van der Waals surface area (Å²) in [6, 6.07) is 15.5. The summed E-state index contributed by atoms with van der Waals surface area (Å²) in [4.78, 5) is 26.6. The van der Waals surface area contributed by atoms with Gasteiger partial charge in [0.05, 0.1) is 13.2 Å². The van der Waals surface area contributed by atoms with Crippen LogP contribution in [0.2, 0.25) is 0 Å². The molecule has 1 aliphatic heterocycles. The van der Waals surface area contributed by atoms with E-state index in [1.54, 1.807) is 12.1 Å². The number of morpholine rings is 1. The van der Waals surface area contributed by atoms with Crippen molar-refractivity contribution in [2.24, 2.45) is 0 Å². The lowest BCUT2D eigenvalue weighted by atomic mass is 10.1. The molecule has 1 fully saturated rings. The summed E-state index contributed by atoms with van der Waals surface area (Å²) in [5, 5.41) is 2.91. The Bertz CT molecular complexity index is 802. The van der Waals surface area contributed by atoms with Crippen molar-refractivity contribution in [1.29, 1.82) is 0 Å². The third kappa shape index (κ3) is 6.55. The lowest BCUT2D eigenvalue weighted by Gasteiger charge is -2.26. The molecule has 148 valence electrons. The van der Waals surface area contributed by atoms with Crippen molar-refractivity contribution >= 4 is 27.6 Å². The molecule has 2 aromatic rings. The summed E-state index contributed by atoms with van der Waals surface area (Å²) in [5.41, 5.74) is 2.93. The van der Waals surface area contributed by atoms with Gasteiger partial charge in [-0.05, 0) is 23.3 Å². The Morgan fingerprint density at radius 3 is 2.46 bits per heavy atom. The fourth-order valence-corrected chi connectivity index (χ4v) is 3.42. The van der Waals surface area contributed by atoms with E-state index < -0.39 is 0 Å². The highest BCUT2D eigenvalue weighted by molar-refractivity contribution is 9.10. The van der Waals surface area contributed by atoms with Gasteiger partial charge < -0.3 is 10.1 Å². The largest absolute Gasteiger partial charge is 0.379 e. The number of rotatable bonds is 8. The van der Waals surface area contributed by atoms with E-state index in [9.17, 15) is 9.59 Å². The van der Waals surface area contributed by atoms with Gasteiger partial charge in [-0.15, -0.1) is 0 Å². The summed E-state index contributed by atoms with van der Waals surface area (Å²) < 4.78 is 6.31. The van der Waals surface area contributed by atoms with Gasteiger partial charge in [0.15, 0.2) is 5.78 Å². The molecule has 0 atom stereocenters. The molecule has 0 aliphatic carbocycles. The fraction of sp³-hybridized carbons (Fsp3) is 0.364. The zero-order valence-electron chi connectivity index (χ0n) is 15.8. The Balaban J connectivity index is 1.43. The van der Waals surface area contributed by atoms with Crippen LogP contribution in [-0.2, 0) is 22.6 Å². The molecule has 0 spiro atoms. The monoisotopic (exact) mass is 444 g/mol. The SMILES string of the molecule is O=C(CCC(=O)c1ccc(Br)cc1)NCc1cccc(CN2CCOCC2)c1. The van der Waals surface area contributed by atoms with Crippen LogP contribution in [-0.4, -0.2) is 42.9 Å². The topological polar surface area (TPSA) is 58.6 Å². The number of Topliss-reactive ketones (excluding diaryl/α,β-unsaturated/α-hetero) is 1. The van der Waals surface area contributed by atoms with Crippen LogP contribution in [0.15, 0.2) is 53.0 Å². The number of hydrogen-bond donors (Lipinski definition) is 1. The molecule has 0 bridgehead atoms. The molecule has 0 unspecified atom stereocenters. The van der Waals surface area contributed by atoms with E-state index in [1.165, 1.54) is 5.56 Å². The Labute approximate surface area is 174 Å². The number of amides is 1. The zero-order chi connectivity index (χ0) is 19.8. The molecule has 1 saturated heterocycles. The number of hydrogen-bond acceptors (Lipinski definition) is 4. The number of carbonyl (C=O) groups is 2. The Morgan fingerprint density at radius 1 is 1.00 bits per heavy atom. The Kier molecular flexibility index (Phi) is 7.77. The molecule has 28 heavy (non-hydrogen) atoms. The van der Waals surface area contributed by atoms with Crippen LogP contribution in [0.5, 0.6) is 0 Å². The van der Waals surface area contributed by atoms with Crippen molar-refractivity contribution in [2.75, 3.05) is 26.3 Å². The van der Waals surface area contributed by atoms with Gasteiger partial charge in [0.25, 0.3) is 0 Å². The van der Waals surface area contributed by atoms with E-state index in [2.05, 4.69) is 38.3 Å². The minimum atomic E-state index is -0.107. The minimum absolute atomic E-state index is 0.0184. The Morgan fingerprint density at radius 2 is 1.71 bits per heavy atom. The van der Waals surface area contributed by atoms with Gasteiger partial charge in [-0.1, -0.05) is 52.3 Å². The van der Waals surface area contributed by atoms with Crippen LogP contribution < -0.4 is 5.32 Å². The van der Waals surface area contributed by atoms with Gasteiger partial charge in [-0.25, -0.2) is 0 Å². The molecular weight excluding hydrogens is 420 g/mol. The fourth-order valence-electron chi connectivity index (χ4n) is 3.15. The first-order valence-electron chi connectivity index (χ1n) is 9.53. The molecule has 6 heteroatoms. The van der Waals surface area contributed by atoms with Crippen molar-refractivity contribution in [3.05, 3.63) is 69.7 Å². The van der Waals surface area contributed by atoms with Crippen molar-refractivity contribution in [3.63, 3.8) is 0 Å². The molecule has 0 radical (unpaired) electrons. The van der Waals surface area contributed by atoms with E-state index in [0.717, 1.165) is 42.9 Å². The van der Waals surface area contributed by atoms with Crippen molar-refractivity contribution in [1.82, 2.24) is 10.2 Å². The first-order chi connectivity index (χ1) is 13.6. The normalized spacial score (nSPS) is 14.6. The van der Waals surface area contributed by atoms with E-state index in [4.69, 9.17) is 4.74 Å². The molecule has 2 aromatic carbocycles. The summed E-state index contributed by atoms with van der Waals surface area (Å²) in [6.45, 7) is 4.85. The van der Waals surface area contributed by atoms with Crippen LogP contribution in [0.3, 0.4) is 0 Å². The maximum absolute atomic E-state index is 12.2. The number of ether oxygens (including phenoxy) is 1. The number of halogens is 1. The van der Waals surface area contributed by atoms with E-state index in [0.29, 0.717) is 12.1 Å². The van der Waals surface area contributed by atoms with Crippen LogP contribution in [0.4, 0.5) is 0 Å². The lowest BCUT2D eigenvalue weighted by Crippen LogP contribution is -2.35. The van der Waals surface area contributed by atoms with Crippen LogP contribution in [0.25, 0.3) is 0 Å². The Hall–Kier alpha value is -2.02. The third-order valence-corrected chi connectivity index (χ3v) is 5.26. The molecular formula is C22H25BrN2O3. The van der Waals surface area contributed by atoms with E-state index >= 15 is 0 Å². The van der Waals surface area contributed by atoms with Crippen molar-refractivity contribution < 1.29 is 14.3 Å². The van der Waals surface area contributed by atoms with Gasteiger partial charge >= 0.3 is 0 Å². The van der Waals surface area contributed by atoms with Crippen LogP contribution >= 0.6 is 15.9 Å². The second-order valence-corrected chi connectivity index (χ2v) is 7.83. The van der Waals surface area contributed by atoms with Crippen molar-refractivity contribution in [2.45, 2.75) is 25.9 Å². The second-order valence-electron chi connectivity index (χ2n) is 6.92. The first kappa shape index (κ1) is 20.7. The summed E-state index contributed by atoms with van der Waals surface area (Å²) in [5.74, 6) is -0.126. The molecule has 3 rings (SSSR count). The smallest absolute Gasteiger partial charge is 0.220 e. The lowest BCUT2D eigenvalue weighted by molar-refractivity contribution is -0.121. The highest BCUT2D eigenvalue weighted by Gasteiger charge is 2.12. The predicted molar refractivity (Wildman–Crippen MR) is 112 cm³/mol. The van der Waals surface area contributed by atoms with Crippen molar-refractivity contribution in [3.8, 4) is 0 Å². The maximum Gasteiger partial charge on any atom is 0.220 e. The molecule has 5 nitrogen and oxygen atoms in total. The average Bonchev–Trinajstić information content (AvgIpc) is 2.72. The maximum atomic E-state index is 12.2. The summed E-state index contributed by atoms with van der Waals surface area (Å²) in [7, 11) is 0.